The van der Waals surface area contributed by atoms with Gasteiger partial charge >= 0.3 is 0 Å². The lowest BCUT2D eigenvalue weighted by Crippen LogP contribution is -2.15. The van der Waals surface area contributed by atoms with Crippen molar-refractivity contribution in [2.45, 2.75) is 19.3 Å². The maximum atomic E-state index is 6.16. The van der Waals surface area contributed by atoms with Crippen molar-refractivity contribution in [2.24, 2.45) is 0 Å². The molecule has 1 heteroatoms. The first-order valence-corrected chi connectivity index (χ1v) is 20.2. The van der Waals surface area contributed by atoms with Crippen LogP contribution in [0, 0.1) is 0 Å². The Morgan fingerprint density at radius 2 is 0.793 bits per heavy atom. The molecule has 11 aromatic rings. The summed E-state index contributed by atoms with van der Waals surface area (Å²) in [5.74, 6) is 0. The molecule has 272 valence electrons. The van der Waals surface area contributed by atoms with Gasteiger partial charge in [0.2, 0.25) is 0 Å². The number of hydrogen-bond donors (Lipinski definition) is 0. The molecule has 0 bridgehead atoms. The van der Waals surface area contributed by atoms with Gasteiger partial charge in [-0.25, -0.2) is 0 Å². The van der Waals surface area contributed by atoms with Crippen molar-refractivity contribution < 1.29 is 4.42 Å². The zero-order chi connectivity index (χ0) is 38.5. The number of hydrogen-bond acceptors (Lipinski definition) is 1. The summed E-state index contributed by atoms with van der Waals surface area (Å²) in [6, 6.07) is 71.6. The third kappa shape index (κ3) is 4.83. The van der Waals surface area contributed by atoms with Gasteiger partial charge in [-0.15, -0.1) is 0 Å². The highest BCUT2D eigenvalue weighted by Gasteiger charge is 2.36. The fourth-order valence-corrected chi connectivity index (χ4v) is 10.0. The van der Waals surface area contributed by atoms with Crippen molar-refractivity contribution in [1.82, 2.24) is 0 Å². The fraction of sp³-hybridized carbons (Fsp3) is 0.0526. The van der Waals surface area contributed by atoms with E-state index in [0.29, 0.717) is 0 Å². The maximum Gasteiger partial charge on any atom is 0.135 e. The van der Waals surface area contributed by atoms with E-state index < -0.39 is 0 Å². The third-order valence-electron chi connectivity index (χ3n) is 12.9. The first-order chi connectivity index (χ1) is 28.5. The molecule has 0 saturated heterocycles. The Morgan fingerprint density at radius 1 is 0.310 bits per heavy atom. The number of rotatable bonds is 4. The van der Waals surface area contributed by atoms with Crippen LogP contribution in [0.1, 0.15) is 25.0 Å². The van der Waals surface area contributed by atoms with Gasteiger partial charge in [-0.2, -0.15) is 0 Å². The molecule has 10 aromatic carbocycles. The second-order valence-corrected chi connectivity index (χ2v) is 16.4. The second kappa shape index (κ2) is 12.4. The molecular formula is C57H38O. The van der Waals surface area contributed by atoms with Gasteiger partial charge in [0, 0.05) is 16.2 Å². The number of para-hydroxylation sites is 1. The summed E-state index contributed by atoms with van der Waals surface area (Å²) in [4.78, 5) is 0. The number of fused-ring (bicyclic) bond motifs is 9. The highest BCUT2D eigenvalue weighted by Crippen LogP contribution is 2.52. The van der Waals surface area contributed by atoms with Crippen molar-refractivity contribution >= 4 is 54.3 Å². The van der Waals surface area contributed by atoms with Crippen molar-refractivity contribution in [3.8, 4) is 55.6 Å². The van der Waals surface area contributed by atoms with Crippen LogP contribution in [-0.4, -0.2) is 0 Å². The van der Waals surface area contributed by atoms with E-state index in [-0.39, 0.29) is 5.41 Å². The van der Waals surface area contributed by atoms with Crippen LogP contribution in [0.2, 0.25) is 0 Å². The molecule has 0 amide bonds. The van der Waals surface area contributed by atoms with E-state index in [4.69, 9.17) is 4.42 Å². The van der Waals surface area contributed by atoms with Crippen LogP contribution in [0.4, 0.5) is 0 Å². The molecule has 0 atom stereocenters. The minimum atomic E-state index is -0.184. The fourth-order valence-electron chi connectivity index (χ4n) is 10.0. The molecule has 0 saturated carbocycles. The molecule has 58 heavy (non-hydrogen) atoms. The molecule has 1 aliphatic carbocycles. The first-order valence-electron chi connectivity index (χ1n) is 20.2. The lowest BCUT2D eigenvalue weighted by molar-refractivity contribution is 0.661. The molecule has 1 aromatic heterocycles. The van der Waals surface area contributed by atoms with E-state index >= 15 is 0 Å². The van der Waals surface area contributed by atoms with Gasteiger partial charge < -0.3 is 4.42 Å². The number of benzene rings is 10. The van der Waals surface area contributed by atoms with Gasteiger partial charge in [-0.05, 0) is 135 Å². The summed E-state index contributed by atoms with van der Waals surface area (Å²) < 4.78 is 6.16. The average Bonchev–Trinajstić information content (AvgIpc) is 3.76. The quantitative estimate of drug-likeness (QED) is 0.164. The molecule has 12 rings (SSSR count). The van der Waals surface area contributed by atoms with Crippen LogP contribution in [-0.2, 0) is 5.41 Å². The molecule has 0 aliphatic heterocycles. The lowest BCUT2D eigenvalue weighted by atomic mass is 9.80. The van der Waals surface area contributed by atoms with Crippen molar-refractivity contribution in [3.63, 3.8) is 0 Å². The van der Waals surface area contributed by atoms with Crippen LogP contribution >= 0.6 is 0 Å². The Bertz CT molecular complexity index is 3420. The van der Waals surface area contributed by atoms with Crippen LogP contribution < -0.4 is 0 Å². The van der Waals surface area contributed by atoms with Crippen molar-refractivity contribution in [3.05, 3.63) is 205 Å². The SMILES string of the molecule is CC1(C)c2cc(-c3ccc4oc5ccccc5c4c3)ccc2-c2ccc(-c3c4ccccc4c(-c4cccc(-c5cccc6ccccc56)c4)c4ccccc34)cc21. The Morgan fingerprint density at radius 3 is 1.50 bits per heavy atom. The Kier molecular flexibility index (Phi) is 7.04. The van der Waals surface area contributed by atoms with Gasteiger partial charge in [0.15, 0.2) is 0 Å². The van der Waals surface area contributed by atoms with E-state index in [9.17, 15) is 0 Å². The van der Waals surface area contributed by atoms with Crippen molar-refractivity contribution in [2.75, 3.05) is 0 Å². The predicted molar refractivity (Wildman–Crippen MR) is 246 cm³/mol. The largest absolute Gasteiger partial charge is 0.456 e. The molecule has 0 radical (unpaired) electrons. The summed E-state index contributed by atoms with van der Waals surface area (Å²) in [7, 11) is 0. The lowest BCUT2D eigenvalue weighted by Gasteiger charge is -2.23. The Balaban J connectivity index is 0.994. The van der Waals surface area contributed by atoms with Crippen LogP contribution in [0.3, 0.4) is 0 Å². The molecule has 1 nitrogen and oxygen atoms in total. The highest BCUT2D eigenvalue weighted by atomic mass is 16.3. The first kappa shape index (κ1) is 33.0. The number of furan rings is 1. The zero-order valence-electron chi connectivity index (χ0n) is 32.4. The molecule has 1 aliphatic rings. The molecule has 0 fully saturated rings. The van der Waals surface area contributed by atoms with E-state index in [1.54, 1.807) is 0 Å². The van der Waals surface area contributed by atoms with E-state index in [1.165, 1.54) is 99.1 Å². The summed E-state index contributed by atoms with van der Waals surface area (Å²) in [5.41, 5.74) is 17.0. The molecule has 0 spiro atoms. The smallest absolute Gasteiger partial charge is 0.135 e. The summed E-state index contributed by atoms with van der Waals surface area (Å²) >= 11 is 0. The summed E-state index contributed by atoms with van der Waals surface area (Å²) in [6.45, 7) is 4.78. The minimum Gasteiger partial charge on any atom is -0.456 e. The molecule has 1 heterocycles. The van der Waals surface area contributed by atoms with Gasteiger partial charge in [-0.1, -0.05) is 172 Å². The van der Waals surface area contributed by atoms with Crippen LogP contribution in [0.5, 0.6) is 0 Å². The average molecular weight is 739 g/mol. The van der Waals surface area contributed by atoms with E-state index in [2.05, 4.69) is 196 Å². The van der Waals surface area contributed by atoms with Gasteiger partial charge in [0.05, 0.1) is 0 Å². The predicted octanol–water partition coefficient (Wildman–Crippen LogP) is 16.0. The zero-order valence-corrected chi connectivity index (χ0v) is 32.4. The molecule has 0 unspecified atom stereocenters. The Labute approximate surface area is 337 Å². The summed E-state index contributed by atoms with van der Waals surface area (Å²) in [5, 5.41) is 9.91. The van der Waals surface area contributed by atoms with Gasteiger partial charge in [0.1, 0.15) is 11.2 Å². The monoisotopic (exact) mass is 738 g/mol. The third-order valence-corrected chi connectivity index (χ3v) is 12.9. The van der Waals surface area contributed by atoms with Gasteiger partial charge in [0.25, 0.3) is 0 Å². The van der Waals surface area contributed by atoms with Crippen LogP contribution in [0.15, 0.2) is 199 Å². The van der Waals surface area contributed by atoms with Crippen molar-refractivity contribution in [1.29, 1.82) is 0 Å². The maximum absolute atomic E-state index is 6.16. The van der Waals surface area contributed by atoms with E-state index in [1.807, 2.05) is 12.1 Å². The normalized spacial score (nSPS) is 13.1. The Hall–Kier alpha value is -7.22. The van der Waals surface area contributed by atoms with E-state index in [0.717, 1.165) is 21.9 Å². The highest BCUT2D eigenvalue weighted by molar-refractivity contribution is 6.21. The second-order valence-electron chi connectivity index (χ2n) is 16.4. The van der Waals surface area contributed by atoms with Crippen LogP contribution in [0.25, 0.3) is 110 Å². The minimum absolute atomic E-state index is 0.184. The molecule has 0 N–H and O–H groups in total. The standard InChI is InChI=1S/C57H38O/c1-57(2)51-33-37(36-27-30-54-50(32-36)45-18-9-10-24-53(45)58-54)25-28-43(51)44-29-26-40(34-52(44)57)56-48-21-7-5-19-46(48)55(47-20-6-8-22-49(47)56)39-16-11-15-38(31-39)42-23-12-14-35-13-3-4-17-41(35)42/h3-34H,1-2H3. The topological polar surface area (TPSA) is 13.1 Å². The molecular weight excluding hydrogens is 701 g/mol. The summed E-state index contributed by atoms with van der Waals surface area (Å²) in [6.07, 6.45) is 0. The van der Waals surface area contributed by atoms with Gasteiger partial charge in [-0.3, -0.25) is 0 Å².